The molecule has 33 heavy (non-hydrogen) atoms. The van der Waals surface area contributed by atoms with Crippen molar-refractivity contribution in [1.82, 2.24) is 15.5 Å². The summed E-state index contributed by atoms with van der Waals surface area (Å²) in [7, 11) is 0. The fourth-order valence-corrected chi connectivity index (χ4v) is 4.15. The van der Waals surface area contributed by atoms with Gasteiger partial charge in [0.15, 0.2) is 5.96 Å². The summed E-state index contributed by atoms with van der Waals surface area (Å²) in [6, 6.07) is 15.9. The Balaban J connectivity index is 0.00000306. The molecule has 1 aliphatic rings. The lowest BCUT2D eigenvalue weighted by Gasteiger charge is -2.26. The highest BCUT2D eigenvalue weighted by Gasteiger charge is 2.18. The fraction of sp³-hybridized carbons (Fsp3) is 0.385. The Hall–Kier alpha value is -2.55. The highest BCUT2D eigenvalue weighted by atomic mass is 127. The van der Waals surface area contributed by atoms with Crippen LogP contribution in [0.1, 0.15) is 53.4 Å². The maximum absolute atomic E-state index is 12.8. The monoisotopic (exact) mass is 560 g/mol. The molecule has 1 fully saturated rings. The van der Waals surface area contributed by atoms with Gasteiger partial charge >= 0.3 is 0 Å². The zero-order chi connectivity index (χ0) is 22.3. The van der Waals surface area contributed by atoms with Crippen molar-refractivity contribution in [3.63, 3.8) is 0 Å². The number of guanidine groups is 1. The van der Waals surface area contributed by atoms with Crippen LogP contribution in [0.2, 0.25) is 0 Å². The number of para-hydroxylation sites is 1. The lowest BCUT2D eigenvalue weighted by atomic mass is 10.1. The number of carbonyl (C=O) groups excluding carboxylic acids is 1. The summed E-state index contributed by atoms with van der Waals surface area (Å²) < 4.78 is 6.00. The van der Waals surface area contributed by atoms with E-state index in [1.54, 1.807) is 0 Å². The van der Waals surface area contributed by atoms with Gasteiger partial charge in [-0.25, -0.2) is 4.99 Å². The molecule has 0 spiro atoms. The van der Waals surface area contributed by atoms with E-state index >= 15 is 0 Å². The van der Waals surface area contributed by atoms with E-state index in [2.05, 4.69) is 23.6 Å². The van der Waals surface area contributed by atoms with Gasteiger partial charge < -0.3 is 20.0 Å². The SMILES string of the molecule is CCNC(=NCc1cccc(C(=O)N2CCCCC2)c1)NCc1oc2ccccc2c1C.I. The number of benzene rings is 2. The molecule has 6 nitrogen and oxygen atoms in total. The Bertz CT molecular complexity index is 1100. The van der Waals surface area contributed by atoms with Gasteiger partial charge in [0.05, 0.1) is 13.1 Å². The van der Waals surface area contributed by atoms with Crippen molar-refractivity contribution < 1.29 is 9.21 Å². The first-order valence-corrected chi connectivity index (χ1v) is 11.5. The third kappa shape index (κ3) is 6.28. The molecule has 0 unspecified atom stereocenters. The quantitative estimate of drug-likeness (QED) is 0.246. The van der Waals surface area contributed by atoms with Crippen molar-refractivity contribution in [3.05, 3.63) is 71.0 Å². The van der Waals surface area contributed by atoms with Crippen LogP contribution in [0.25, 0.3) is 11.0 Å². The number of aryl methyl sites for hydroxylation is 1. The number of rotatable bonds is 6. The number of aliphatic imine (C=N–C) groups is 1. The Kier molecular flexibility index (Phi) is 9.17. The molecule has 1 saturated heterocycles. The minimum Gasteiger partial charge on any atom is -0.459 e. The molecular weight excluding hydrogens is 527 g/mol. The number of carbonyl (C=O) groups is 1. The van der Waals surface area contributed by atoms with Gasteiger partial charge in [-0.05, 0) is 56.9 Å². The van der Waals surface area contributed by atoms with Crippen LogP contribution in [0.3, 0.4) is 0 Å². The average molecular weight is 560 g/mol. The fourth-order valence-electron chi connectivity index (χ4n) is 4.15. The molecule has 3 aromatic rings. The molecule has 2 aromatic carbocycles. The van der Waals surface area contributed by atoms with E-state index < -0.39 is 0 Å². The smallest absolute Gasteiger partial charge is 0.253 e. The molecule has 0 aliphatic carbocycles. The standard InChI is InChI=1S/C26H32N4O2.HI/c1-3-27-26(29-18-24-19(2)22-12-5-6-13-23(22)32-24)28-17-20-10-9-11-21(16-20)25(31)30-14-7-4-8-15-30;/h5-6,9-13,16H,3-4,7-8,14-15,17-18H2,1-2H3,(H2,27,28,29);1H. The summed E-state index contributed by atoms with van der Waals surface area (Å²) >= 11 is 0. The molecule has 0 bridgehead atoms. The van der Waals surface area contributed by atoms with E-state index in [9.17, 15) is 4.79 Å². The highest BCUT2D eigenvalue weighted by Crippen LogP contribution is 2.24. The van der Waals surface area contributed by atoms with Gasteiger partial charge in [-0.2, -0.15) is 0 Å². The Morgan fingerprint density at radius 3 is 2.61 bits per heavy atom. The van der Waals surface area contributed by atoms with E-state index in [1.165, 1.54) is 6.42 Å². The van der Waals surface area contributed by atoms with E-state index in [0.717, 1.165) is 71.9 Å². The summed E-state index contributed by atoms with van der Waals surface area (Å²) in [5.41, 5.74) is 3.81. The molecular formula is C26H33IN4O2. The van der Waals surface area contributed by atoms with Gasteiger partial charge in [0.2, 0.25) is 0 Å². The molecule has 1 amide bonds. The van der Waals surface area contributed by atoms with Gasteiger partial charge in [-0.15, -0.1) is 24.0 Å². The molecule has 0 atom stereocenters. The third-order valence-corrected chi connectivity index (χ3v) is 5.94. The highest BCUT2D eigenvalue weighted by molar-refractivity contribution is 14.0. The second-order valence-corrected chi connectivity index (χ2v) is 8.25. The van der Waals surface area contributed by atoms with Crippen molar-refractivity contribution >= 4 is 46.8 Å². The Morgan fingerprint density at radius 2 is 1.85 bits per heavy atom. The molecule has 0 radical (unpaired) electrons. The maximum atomic E-state index is 12.8. The number of fused-ring (bicyclic) bond motifs is 1. The van der Waals surface area contributed by atoms with E-state index in [4.69, 9.17) is 9.41 Å². The van der Waals surface area contributed by atoms with Crippen LogP contribution in [0.5, 0.6) is 0 Å². The number of nitrogens with one attached hydrogen (secondary N) is 2. The molecule has 2 heterocycles. The van der Waals surface area contributed by atoms with Gasteiger partial charge in [0, 0.05) is 36.1 Å². The molecule has 7 heteroatoms. The third-order valence-electron chi connectivity index (χ3n) is 5.94. The minimum absolute atomic E-state index is 0. The topological polar surface area (TPSA) is 69.9 Å². The molecule has 176 valence electrons. The van der Waals surface area contributed by atoms with Crippen LogP contribution >= 0.6 is 24.0 Å². The van der Waals surface area contributed by atoms with Crippen LogP contribution < -0.4 is 10.6 Å². The second kappa shape index (κ2) is 12.1. The first kappa shape index (κ1) is 25.1. The lowest BCUT2D eigenvalue weighted by molar-refractivity contribution is 0.0724. The van der Waals surface area contributed by atoms with Crippen LogP contribution in [-0.4, -0.2) is 36.4 Å². The number of piperidine rings is 1. The Morgan fingerprint density at radius 1 is 1.06 bits per heavy atom. The number of likely N-dealkylation sites (tertiary alicyclic amines) is 1. The number of furan rings is 1. The van der Waals surface area contributed by atoms with E-state index in [1.807, 2.05) is 54.3 Å². The molecule has 1 aliphatic heterocycles. The predicted octanol–water partition coefficient (Wildman–Crippen LogP) is 5.24. The minimum atomic E-state index is 0. The maximum Gasteiger partial charge on any atom is 0.253 e. The van der Waals surface area contributed by atoms with Crippen molar-refractivity contribution in [2.45, 2.75) is 46.2 Å². The number of amides is 1. The summed E-state index contributed by atoms with van der Waals surface area (Å²) in [5, 5.41) is 7.80. The van der Waals surface area contributed by atoms with Crippen molar-refractivity contribution in [1.29, 1.82) is 0 Å². The van der Waals surface area contributed by atoms with Crippen molar-refractivity contribution in [2.75, 3.05) is 19.6 Å². The van der Waals surface area contributed by atoms with Crippen molar-refractivity contribution in [3.8, 4) is 0 Å². The van der Waals surface area contributed by atoms with Crippen LogP contribution in [0.4, 0.5) is 0 Å². The normalized spacial score (nSPS) is 14.1. The predicted molar refractivity (Wildman–Crippen MR) is 144 cm³/mol. The van der Waals surface area contributed by atoms with Gasteiger partial charge in [-0.1, -0.05) is 30.3 Å². The zero-order valence-electron chi connectivity index (χ0n) is 19.4. The summed E-state index contributed by atoms with van der Waals surface area (Å²) in [5.74, 6) is 1.76. The average Bonchev–Trinajstić information content (AvgIpc) is 3.16. The summed E-state index contributed by atoms with van der Waals surface area (Å²) in [4.78, 5) is 19.5. The first-order valence-electron chi connectivity index (χ1n) is 11.5. The number of hydrogen-bond acceptors (Lipinski definition) is 3. The van der Waals surface area contributed by atoms with E-state index in [0.29, 0.717) is 13.1 Å². The van der Waals surface area contributed by atoms with Gasteiger partial charge in [0.1, 0.15) is 11.3 Å². The number of halogens is 1. The van der Waals surface area contributed by atoms with Crippen LogP contribution in [-0.2, 0) is 13.1 Å². The van der Waals surface area contributed by atoms with Gasteiger partial charge in [-0.3, -0.25) is 4.79 Å². The molecule has 0 saturated carbocycles. The van der Waals surface area contributed by atoms with E-state index in [-0.39, 0.29) is 29.9 Å². The summed E-state index contributed by atoms with van der Waals surface area (Å²) in [6.45, 7) is 7.65. The van der Waals surface area contributed by atoms with Crippen LogP contribution in [0.15, 0.2) is 57.9 Å². The number of hydrogen-bond donors (Lipinski definition) is 2. The largest absolute Gasteiger partial charge is 0.459 e. The summed E-state index contributed by atoms with van der Waals surface area (Å²) in [6.07, 6.45) is 3.41. The Labute approximate surface area is 212 Å². The number of nitrogens with zero attached hydrogens (tertiary/aromatic N) is 2. The van der Waals surface area contributed by atoms with Crippen LogP contribution in [0, 0.1) is 6.92 Å². The lowest BCUT2D eigenvalue weighted by Crippen LogP contribution is -2.36. The zero-order valence-corrected chi connectivity index (χ0v) is 21.7. The van der Waals surface area contributed by atoms with Gasteiger partial charge in [0.25, 0.3) is 5.91 Å². The molecule has 4 rings (SSSR count). The molecule has 1 aromatic heterocycles. The molecule has 2 N–H and O–H groups in total. The van der Waals surface area contributed by atoms with Crippen molar-refractivity contribution in [2.24, 2.45) is 4.99 Å². The second-order valence-electron chi connectivity index (χ2n) is 8.25. The first-order chi connectivity index (χ1) is 15.7.